The molecule has 0 N–H and O–H groups in total. The summed E-state index contributed by atoms with van der Waals surface area (Å²) in [5, 5.41) is 5.86. The number of anilines is 1. The Hall–Kier alpha value is -2.37. The number of hydrogen-bond acceptors (Lipinski definition) is 6. The first-order valence-electron chi connectivity index (χ1n) is 6.92. The molecule has 1 atom stereocenters. The van der Waals surface area contributed by atoms with Crippen LogP contribution in [0.3, 0.4) is 0 Å². The van der Waals surface area contributed by atoms with Crippen LogP contribution in [0, 0.1) is 5.92 Å². The van der Waals surface area contributed by atoms with Crippen molar-refractivity contribution in [1.29, 1.82) is 0 Å². The van der Waals surface area contributed by atoms with Crippen LogP contribution in [-0.2, 0) is 19.1 Å². The molecule has 2 rings (SSSR count). The van der Waals surface area contributed by atoms with Crippen LogP contribution in [0.15, 0.2) is 35.4 Å². The zero-order valence-electron chi connectivity index (χ0n) is 12.1. The Morgan fingerprint density at radius 3 is 2.48 bits per heavy atom. The Morgan fingerprint density at radius 1 is 1.19 bits per heavy atom. The van der Waals surface area contributed by atoms with E-state index < -0.39 is 17.9 Å². The SMILES string of the molecule is CCOC(=O)C1=NN(c2ccccc2)C[C@@H]1C(=O)OCC. The van der Waals surface area contributed by atoms with E-state index in [1.807, 2.05) is 30.3 Å². The fourth-order valence-corrected chi connectivity index (χ4v) is 2.08. The highest BCUT2D eigenvalue weighted by Gasteiger charge is 2.39. The van der Waals surface area contributed by atoms with E-state index in [1.54, 1.807) is 18.9 Å². The van der Waals surface area contributed by atoms with E-state index in [-0.39, 0.29) is 25.5 Å². The molecule has 0 bridgehead atoms. The van der Waals surface area contributed by atoms with Gasteiger partial charge in [-0.25, -0.2) is 4.79 Å². The van der Waals surface area contributed by atoms with Gasteiger partial charge in [-0.3, -0.25) is 9.80 Å². The summed E-state index contributed by atoms with van der Waals surface area (Å²) < 4.78 is 9.98. The van der Waals surface area contributed by atoms with E-state index in [4.69, 9.17) is 9.47 Å². The minimum atomic E-state index is -0.718. The fourth-order valence-electron chi connectivity index (χ4n) is 2.08. The van der Waals surface area contributed by atoms with Crippen LogP contribution in [0.25, 0.3) is 0 Å². The Balaban J connectivity index is 2.24. The normalized spacial score (nSPS) is 17.3. The lowest BCUT2D eigenvalue weighted by atomic mass is 10.0. The first-order valence-corrected chi connectivity index (χ1v) is 6.92. The van der Waals surface area contributed by atoms with Crippen LogP contribution in [0.1, 0.15) is 13.8 Å². The van der Waals surface area contributed by atoms with Crippen molar-refractivity contribution in [3.8, 4) is 0 Å². The second kappa shape index (κ2) is 6.88. The van der Waals surface area contributed by atoms with Gasteiger partial charge in [0.15, 0.2) is 5.71 Å². The number of nitrogens with zero attached hydrogens (tertiary/aromatic N) is 2. The highest BCUT2D eigenvalue weighted by molar-refractivity contribution is 6.41. The standard InChI is InChI=1S/C15H18N2O4/c1-3-20-14(18)12-10-17(11-8-6-5-7-9-11)16-13(12)15(19)21-4-2/h5-9,12H,3-4,10H2,1-2H3/t12-/m0/s1. The lowest BCUT2D eigenvalue weighted by Crippen LogP contribution is -2.33. The van der Waals surface area contributed by atoms with Crippen LogP contribution >= 0.6 is 0 Å². The predicted molar refractivity (Wildman–Crippen MR) is 78.0 cm³/mol. The molecule has 0 spiro atoms. The maximum absolute atomic E-state index is 12.0. The smallest absolute Gasteiger partial charge is 0.355 e. The molecular weight excluding hydrogens is 272 g/mol. The molecule has 0 aliphatic carbocycles. The first-order chi connectivity index (χ1) is 10.2. The number of rotatable bonds is 5. The van der Waals surface area contributed by atoms with Gasteiger partial charge in [-0.15, -0.1) is 0 Å². The third kappa shape index (κ3) is 3.39. The van der Waals surface area contributed by atoms with Crippen molar-refractivity contribution in [3.63, 3.8) is 0 Å². The molecule has 112 valence electrons. The van der Waals surface area contributed by atoms with E-state index in [0.29, 0.717) is 0 Å². The number of ether oxygens (including phenoxy) is 2. The number of carbonyl (C=O) groups is 2. The summed E-state index contributed by atoms with van der Waals surface area (Å²) in [6, 6.07) is 9.34. The summed E-state index contributed by atoms with van der Waals surface area (Å²) in [4.78, 5) is 24.0. The summed E-state index contributed by atoms with van der Waals surface area (Å²) in [5.41, 5.74) is 0.908. The molecule has 0 unspecified atom stereocenters. The summed E-state index contributed by atoms with van der Waals surface area (Å²) in [6.07, 6.45) is 0. The third-order valence-electron chi connectivity index (χ3n) is 3.02. The number of esters is 2. The molecule has 1 aromatic carbocycles. The van der Waals surface area contributed by atoms with Gasteiger partial charge in [0.25, 0.3) is 0 Å². The van der Waals surface area contributed by atoms with Crippen molar-refractivity contribution < 1.29 is 19.1 Å². The first kappa shape index (κ1) is 15.0. The molecule has 1 aliphatic heterocycles. The summed E-state index contributed by atoms with van der Waals surface area (Å²) in [6.45, 7) is 4.21. The Labute approximate surface area is 123 Å². The van der Waals surface area contributed by atoms with E-state index in [2.05, 4.69) is 5.10 Å². The summed E-state index contributed by atoms with van der Waals surface area (Å²) in [7, 11) is 0. The van der Waals surface area contributed by atoms with Gasteiger partial charge in [0.2, 0.25) is 0 Å². The molecule has 0 saturated carbocycles. The second-order valence-electron chi connectivity index (χ2n) is 4.43. The van der Waals surface area contributed by atoms with Crippen LogP contribution in [0.4, 0.5) is 5.69 Å². The van der Waals surface area contributed by atoms with E-state index >= 15 is 0 Å². The minimum Gasteiger partial charge on any atom is -0.465 e. The Morgan fingerprint density at radius 2 is 1.86 bits per heavy atom. The quantitative estimate of drug-likeness (QED) is 0.771. The molecule has 1 aromatic rings. The molecule has 0 aromatic heterocycles. The summed E-state index contributed by atoms with van der Waals surface area (Å²) in [5.74, 6) is -1.75. The van der Waals surface area contributed by atoms with Crippen molar-refractivity contribution in [1.82, 2.24) is 0 Å². The lowest BCUT2D eigenvalue weighted by Gasteiger charge is -2.15. The van der Waals surface area contributed by atoms with E-state index in [1.165, 1.54) is 0 Å². The Bertz CT molecular complexity index is 542. The minimum absolute atomic E-state index is 0.0964. The van der Waals surface area contributed by atoms with Crippen molar-refractivity contribution in [2.75, 3.05) is 24.8 Å². The fraction of sp³-hybridized carbons (Fsp3) is 0.400. The average Bonchev–Trinajstić information content (AvgIpc) is 2.94. The largest absolute Gasteiger partial charge is 0.465 e. The number of benzene rings is 1. The number of para-hydroxylation sites is 1. The molecule has 1 heterocycles. The average molecular weight is 290 g/mol. The Kier molecular flexibility index (Phi) is 4.92. The topological polar surface area (TPSA) is 68.2 Å². The van der Waals surface area contributed by atoms with Gasteiger partial charge in [-0.1, -0.05) is 18.2 Å². The van der Waals surface area contributed by atoms with E-state index in [9.17, 15) is 9.59 Å². The number of hydrogen-bond donors (Lipinski definition) is 0. The van der Waals surface area contributed by atoms with Crippen LogP contribution in [0.2, 0.25) is 0 Å². The number of carbonyl (C=O) groups excluding carboxylic acids is 2. The van der Waals surface area contributed by atoms with Crippen molar-refractivity contribution in [3.05, 3.63) is 30.3 Å². The monoisotopic (exact) mass is 290 g/mol. The third-order valence-corrected chi connectivity index (χ3v) is 3.02. The highest BCUT2D eigenvalue weighted by atomic mass is 16.5. The highest BCUT2D eigenvalue weighted by Crippen LogP contribution is 2.23. The zero-order valence-corrected chi connectivity index (χ0v) is 12.1. The molecule has 21 heavy (non-hydrogen) atoms. The van der Waals surface area contributed by atoms with Gasteiger partial charge < -0.3 is 9.47 Å². The van der Waals surface area contributed by atoms with Crippen molar-refractivity contribution in [2.45, 2.75) is 13.8 Å². The van der Waals surface area contributed by atoms with Gasteiger partial charge in [0.05, 0.1) is 25.4 Å². The lowest BCUT2D eigenvalue weighted by molar-refractivity contribution is -0.146. The predicted octanol–water partition coefficient (Wildman–Crippen LogP) is 1.60. The zero-order chi connectivity index (χ0) is 15.2. The number of hydrazone groups is 1. The molecule has 0 radical (unpaired) electrons. The molecule has 6 nitrogen and oxygen atoms in total. The maximum atomic E-state index is 12.0. The second-order valence-corrected chi connectivity index (χ2v) is 4.43. The maximum Gasteiger partial charge on any atom is 0.355 e. The molecule has 0 saturated heterocycles. The molecule has 1 aliphatic rings. The van der Waals surface area contributed by atoms with Gasteiger partial charge in [-0.2, -0.15) is 5.10 Å². The van der Waals surface area contributed by atoms with Gasteiger partial charge in [-0.05, 0) is 26.0 Å². The summed E-state index contributed by atoms with van der Waals surface area (Å²) >= 11 is 0. The van der Waals surface area contributed by atoms with Gasteiger partial charge in [0, 0.05) is 0 Å². The van der Waals surface area contributed by atoms with Crippen LogP contribution in [-0.4, -0.2) is 37.4 Å². The molecule has 6 heteroatoms. The molecular formula is C15H18N2O4. The molecule has 0 fully saturated rings. The van der Waals surface area contributed by atoms with Crippen LogP contribution < -0.4 is 5.01 Å². The van der Waals surface area contributed by atoms with Crippen molar-refractivity contribution in [2.24, 2.45) is 11.0 Å². The van der Waals surface area contributed by atoms with E-state index in [0.717, 1.165) is 5.69 Å². The molecule has 0 amide bonds. The van der Waals surface area contributed by atoms with Crippen molar-refractivity contribution >= 4 is 23.3 Å². The van der Waals surface area contributed by atoms with Gasteiger partial charge in [0.1, 0.15) is 5.92 Å². The van der Waals surface area contributed by atoms with Crippen LogP contribution in [0.5, 0.6) is 0 Å². The van der Waals surface area contributed by atoms with Gasteiger partial charge >= 0.3 is 11.9 Å².